The summed E-state index contributed by atoms with van der Waals surface area (Å²) in [6.45, 7) is 5.00. The van der Waals surface area contributed by atoms with E-state index >= 15 is 0 Å². The number of ether oxygens (including phenoxy) is 2. The van der Waals surface area contributed by atoms with Crippen LogP contribution in [0.1, 0.15) is 5.56 Å². The molecule has 3 N–H and O–H groups in total. The summed E-state index contributed by atoms with van der Waals surface area (Å²) < 4.78 is 11.0. The van der Waals surface area contributed by atoms with Gasteiger partial charge < -0.3 is 20.3 Å². The highest BCUT2D eigenvalue weighted by Crippen LogP contribution is 2.13. The molecule has 116 valence electrons. The number of nitrogens with zero attached hydrogens (tertiary/aromatic N) is 1. The minimum Gasteiger partial charge on any atom is -0.492 e. The van der Waals surface area contributed by atoms with Gasteiger partial charge in [-0.15, -0.1) is 0 Å². The smallest absolute Gasteiger partial charge is 0.320 e. The number of carboxylic acid groups (broad SMARTS) is 1. The van der Waals surface area contributed by atoms with E-state index < -0.39 is 12.0 Å². The Morgan fingerprint density at radius 1 is 1.33 bits per heavy atom. The molecule has 6 heteroatoms. The zero-order valence-electron chi connectivity index (χ0n) is 12.0. The summed E-state index contributed by atoms with van der Waals surface area (Å²) >= 11 is 0. The van der Waals surface area contributed by atoms with E-state index in [1.807, 2.05) is 24.3 Å². The Bertz CT molecular complexity index is 443. The molecule has 0 unspecified atom stereocenters. The van der Waals surface area contributed by atoms with Crippen LogP contribution < -0.4 is 10.5 Å². The molecule has 2 rings (SSSR count). The Labute approximate surface area is 124 Å². The minimum absolute atomic E-state index is 0.323. The number of aliphatic carboxylic acids is 1. The highest BCUT2D eigenvalue weighted by atomic mass is 16.5. The normalized spacial score (nSPS) is 17.4. The molecule has 0 spiro atoms. The maximum Gasteiger partial charge on any atom is 0.320 e. The van der Waals surface area contributed by atoms with Gasteiger partial charge in [0.25, 0.3) is 0 Å². The van der Waals surface area contributed by atoms with Crippen molar-refractivity contribution in [2.75, 3.05) is 39.5 Å². The van der Waals surface area contributed by atoms with Crippen molar-refractivity contribution in [3.05, 3.63) is 29.8 Å². The van der Waals surface area contributed by atoms with E-state index in [4.69, 9.17) is 20.3 Å². The van der Waals surface area contributed by atoms with Gasteiger partial charge in [-0.05, 0) is 24.1 Å². The average Bonchev–Trinajstić information content (AvgIpc) is 2.50. The Morgan fingerprint density at radius 2 is 2.00 bits per heavy atom. The van der Waals surface area contributed by atoms with Gasteiger partial charge in [0.05, 0.1) is 13.2 Å². The van der Waals surface area contributed by atoms with Gasteiger partial charge in [0.2, 0.25) is 0 Å². The molecule has 1 aromatic carbocycles. The van der Waals surface area contributed by atoms with Crippen LogP contribution in [0.15, 0.2) is 24.3 Å². The summed E-state index contributed by atoms with van der Waals surface area (Å²) in [4.78, 5) is 13.0. The maximum atomic E-state index is 10.7. The van der Waals surface area contributed by atoms with Crippen LogP contribution >= 0.6 is 0 Å². The number of hydrogen-bond acceptors (Lipinski definition) is 5. The summed E-state index contributed by atoms with van der Waals surface area (Å²) in [5, 5.41) is 8.77. The molecule has 1 aliphatic heterocycles. The fraction of sp³-hybridized carbons (Fsp3) is 0.533. The van der Waals surface area contributed by atoms with Crippen LogP contribution in [0.2, 0.25) is 0 Å². The van der Waals surface area contributed by atoms with Crippen molar-refractivity contribution in [2.24, 2.45) is 5.73 Å². The zero-order valence-corrected chi connectivity index (χ0v) is 12.0. The van der Waals surface area contributed by atoms with Crippen molar-refractivity contribution in [3.8, 4) is 5.75 Å². The quantitative estimate of drug-likeness (QED) is 0.755. The number of rotatable bonds is 7. The molecular formula is C15H22N2O4. The van der Waals surface area contributed by atoms with Crippen molar-refractivity contribution in [3.63, 3.8) is 0 Å². The number of hydrogen-bond donors (Lipinski definition) is 2. The number of morpholine rings is 1. The van der Waals surface area contributed by atoms with Crippen molar-refractivity contribution in [1.29, 1.82) is 0 Å². The molecule has 0 radical (unpaired) electrons. The van der Waals surface area contributed by atoms with Crippen molar-refractivity contribution >= 4 is 5.97 Å². The number of benzene rings is 1. The average molecular weight is 294 g/mol. The van der Waals surface area contributed by atoms with E-state index in [1.165, 1.54) is 0 Å². The molecule has 0 saturated carbocycles. The fourth-order valence-electron chi connectivity index (χ4n) is 2.18. The van der Waals surface area contributed by atoms with Crippen LogP contribution in [0, 0.1) is 0 Å². The molecule has 1 aliphatic rings. The van der Waals surface area contributed by atoms with E-state index in [0.29, 0.717) is 13.0 Å². The third kappa shape index (κ3) is 5.34. The lowest BCUT2D eigenvalue weighted by Gasteiger charge is -2.26. The third-order valence-corrected chi connectivity index (χ3v) is 3.48. The Balaban J connectivity index is 1.73. The Morgan fingerprint density at radius 3 is 2.62 bits per heavy atom. The van der Waals surface area contributed by atoms with Crippen LogP contribution in [-0.2, 0) is 16.0 Å². The number of carboxylic acids is 1. The Hall–Kier alpha value is -1.63. The first-order chi connectivity index (χ1) is 10.1. The molecule has 6 nitrogen and oxygen atoms in total. The summed E-state index contributed by atoms with van der Waals surface area (Å²) in [5.74, 6) is -0.197. The maximum absolute atomic E-state index is 10.7. The highest BCUT2D eigenvalue weighted by molar-refractivity contribution is 5.73. The molecule has 0 aromatic heterocycles. The van der Waals surface area contributed by atoms with Gasteiger partial charge in [0.15, 0.2) is 0 Å². The van der Waals surface area contributed by atoms with Gasteiger partial charge in [0.1, 0.15) is 18.4 Å². The number of nitrogens with two attached hydrogens (primary N) is 1. The molecule has 0 bridgehead atoms. The van der Waals surface area contributed by atoms with Crippen LogP contribution in [0.4, 0.5) is 0 Å². The lowest BCUT2D eigenvalue weighted by molar-refractivity contribution is -0.138. The monoisotopic (exact) mass is 294 g/mol. The predicted molar refractivity (Wildman–Crippen MR) is 78.5 cm³/mol. The van der Waals surface area contributed by atoms with Crippen LogP contribution in [0.5, 0.6) is 5.75 Å². The SMILES string of the molecule is N[C@@H](Cc1ccc(OCCN2CCOCC2)cc1)C(=O)O. The van der Waals surface area contributed by atoms with E-state index in [2.05, 4.69) is 4.90 Å². The second-order valence-electron chi connectivity index (χ2n) is 5.10. The molecular weight excluding hydrogens is 272 g/mol. The lowest BCUT2D eigenvalue weighted by atomic mass is 10.1. The molecule has 1 heterocycles. The third-order valence-electron chi connectivity index (χ3n) is 3.48. The summed E-state index contributed by atoms with van der Waals surface area (Å²) in [7, 11) is 0. The number of carbonyl (C=O) groups is 1. The highest BCUT2D eigenvalue weighted by Gasteiger charge is 2.12. The minimum atomic E-state index is -0.985. The van der Waals surface area contributed by atoms with Crippen LogP contribution in [0.25, 0.3) is 0 Å². The van der Waals surface area contributed by atoms with E-state index in [-0.39, 0.29) is 0 Å². The lowest BCUT2D eigenvalue weighted by Crippen LogP contribution is -2.38. The van der Waals surface area contributed by atoms with E-state index in [9.17, 15) is 4.79 Å². The van der Waals surface area contributed by atoms with Gasteiger partial charge in [-0.25, -0.2) is 0 Å². The van der Waals surface area contributed by atoms with Gasteiger partial charge in [-0.1, -0.05) is 12.1 Å². The van der Waals surface area contributed by atoms with Crippen LogP contribution in [-0.4, -0.2) is 61.5 Å². The summed E-state index contributed by atoms with van der Waals surface area (Å²) in [6.07, 6.45) is 0.323. The molecule has 0 aliphatic carbocycles. The summed E-state index contributed by atoms with van der Waals surface area (Å²) in [6, 6.07) is 6.55. The van der Waals surface area contributed by atoms with Gasteiger partial charge in [-0.3, -0.25) is 9.69 Å². The first-order valence-electron chi connectivity index (χ1n) is 7.15. The topological polar surface area (TPSA) is 85.0 Å². The molecule has 1 aromatic rings. The molecule has 1 fully saturated rings. The van der Waals surface area contributed by atoms with Gasteiger partial charge in [-0.2, -0.15) is 0 Å². The first kappa shape index (κ1) is 15.8. The van der Waals surface area contributed by atoms with E-state index in [0.717, 1.165) is 44.2 Å². The second-order valence-corrected chi connectivity index (χ2v) is 5.10. The molecule has 1 atom stereocenters. The standard InChI is InChI=1S/C15H22N2O4/c16-14(15(18)19)11-12-1-3-13(4-2-12)21-10-7-17-5-8-20-9-6-17/h1-4,14H,5-11,16H2,(H,18,19)/t14-/m0/s1. The van der Waals surface area contributed by atoms with Crippen molar-refractivity contribution < 1.29 is 19.4 Å². The predicted octanol–water partition coefficient (Wildman–Crippen LogP) is 0.352. The zero-order chi connectivity index (χ0) is 15.1. The largest absolute Gasteiger partial charge is 0.492 e. The first-order valence-corrected chi connectivity index (χ1v) is 7.15. The molecule has 0 amide bonds. The van der Waals surface area contributed by atoms with Crippen LogP contribution in [0.3, 0.4) is 0 Å². The van der Waals surface area contributed by atoms with Gasteiger partial charge in [0, 0.05) is 19.6 Å². The van der Waals surface area contributed by atoms with Gasteiger partial charge >= 0.3 is 5.97 Å². The fourth-order valence-corrected chi connectivity index (χ4v) is 2.18. The van der Waals surface area contributed by atoms with E-state index in [1.54, 1.807) is 0 Å². The summed E-state index contributed by atoms with van der Waals surface area (Å²) in [5.41, 5.74) is 6.40. The second kappa shape index (κ2) is 7.97. The molecule has 1 saturated heterocycles. The molecule has 21 heavy (non-hydrogen) atoms. The van der Waals surface area contributed by atoms with Crippen molar-refractivity contribution in [1.82, 2.24) is 4.90 Å². The van der Waals surface area contributed by atoms with Crippen molar-refractivity contribution in [2.45, 2.75) is 12.5 Å². The Kier molecular flexibility index (Phi) is 5.98.